The Morgan fingerprint density at radius 1 is 1.19 bits per heavy atom. The lowest BCUT2D eigenvalue weighted by Gasteiger charge is -2.41. The number of carbonyl (C=O) groups is 1. The second kappa shape index (κ2) is 8.87. The van der Waals surface area contributed by atoms with E-state index in [9.17, 15) is 4.79 Å². The topological polar surface area (TPSA) is 74.4 Å². The van der Waals surface area contributed by atoms with Crippen molar-refractivity contribution in [1.82, 2.24) is 24.0 Å². The van der Waals surface area contributed by atoms with E-state index in [2.05, 4.69) is 26.3 Å². The summed E-state index contributed by atoms with van der Waals surface area (Å²) >= 11 is 0. The minimum atomic E-state index is 0.0449. The molecular weight excluding hydrogens is 466 g/mol. The molecule has 3 fully saturated rings. The van der Waals surface area contributed by atoms with E-state index < -0.39 is 0 Å². The molecule has 0 spiro atoms. The number of nitrogens with zero attached hydrogens (tertiary/aromatic N) is 5. The number of aromatic nitrogens is 4. The molecule has 8 heteroatoms. The molecule has 1 amide bonds. The molecule has 2 unspecified atom stereocenters. The van der Waals surface area contributed by atoms with Gasteiger partial charge in [-0.05, 0) is 68.4 Å². The van der Waals surface area contributed by atoms with Crippen molar-refractivity contribution in [3.05, 3.63) is 42.1 Å². The van der Waals surface area contributed by atoms with Crippen LogP contribution >= 0.6 is 0 Å². The average Bonchev–Trinajstić information content (AvgIpc) is 3.60. The van der Waals surface area contributed by atoms with Crippen LogP contribution in [0.25, 0.3) is 33.6 Å². The molecule has 3 aliphatic rings. The van der Waals surface area contributed by atoms with Crippen molar-refractivity contribution < 1.29 is 14.3 Å². The normalized spacial score (nSPS) is 21.9. The number of fused-ring (bicyclic) bond motifs is 3. The van der Waals surface area contributed by atoms with Gasteiger partial charge in [-0.1, -0.05) is 0 Å². The highest BCUT2D eigenvalue weighted by molar-refractivity contribution is 6.00. The Labute approximate surface area is 216 Å². The number of aryl methyl sites for hydroxylation is 1. The standard InChI is InChI=1S/C29H33N5O3/c1-32-26-22(31-28(32)23-14-19-5-3-10-30-27(19)34(23)16-18-7-8-18)13-21(15-25(26)36-2)29(35)33-11-9-24-20(17-33)6-4-12-37-24/h3,5,10,13-15,18,20,24H,4,6-9,11-12,16-17H2,1-2H3. The summed E-state index contributed by atoms with van der Waals surface area (Å²) in [4.78, 5) is 25.4. The largest absolute Gasteiger partial charge is 0.494 e. The average molecular weight is 500 g/mol. The molecule has 2 atom stereocenters. The summed E-state index contributed by atoms with van der Waals surface area (Å²) in [6, 6.07) is 10.1. The van der Waals surface area contributed by atoms with Crippen LogP contribution in [-0.2, 0) is 18.3 Å². The summed E-state index contributed by atoms with van der Waals surface area (Å²) < 4.78 is 16.2. The van der Waals surface area contributed by atoms with E-state index in [1.165, 1.54) is 12.8 Å². The predicted octanol–water partition coefficient (Wildman–Crippen LogP) is 4.65. The van der Waals surface area contributed by atoms with Crippen LogP contribution in [0, 0.1) is 11.8 Å². The molecule has 8 nitrogen and oxygen atoms in total. The van der Waals surface area contributed by atoms with Crippen molar-refractivity contribution in [3.63, 3.8) is 0 Å². The number of benzene rings is 1. The van der Waals surface area contributed by atoms with E-state index in [0.29, 0.717) is 29.3 Å². The lowest BCUT2D eigenvalue weighted by atomic mass is 9.88. The number of pyridine rings is 1. The van der Waals surface area contributed by atoms with Crippen LogP contribution in [0.2, 0.25) is 0 Å². The number of methoxy groups -OCH3 is 1. The maximum absolute atomic E-state index is 13.6. The Balaban J connectivity index is 1.28. The first-order valence-electron chi connectivity index (χ1n) is 13.5. The maximum Gasteiger partial charge on any atom is 0.254 e. The summed E-state index contributed by atoms with van der Waals surface area (Å²) in [5.41, 5.74) is 4.34. The van der Waals surface area contributed by atoms with Crippen LogP contribution in [0.1, 0.15) is 42.5 Å². The van der Waals surface area contributed by atoms with Crippen molar-refractivity contribution in [2.75, 3.05) is 26.8 Å². The molecule has 192 valence electrons. The first-order chi connectivity index (χ1) is 18.1. The maximum atomic E-state index is 13.6. The second-order valence-corrected chi connectivity index (χ2v) is 10.9. The smallest absolute Gasteiger partial charge is 0.254 e. The fraction of sp³-hybridized carbons (Fsp3) is 0.483. The predicted molar refractivity (Wildman–Crippen MR) is 142 cm³/mol. The number of amides is 1. The van der Waals surface area contributed by atoms with Gasteiger partial charge in [-0.2, -0.15) is 0 Å². The minimum Gasteiger partial charge on any atom is -0.494 e. The SMILES string of the molecule is COc1cc(C(=O)N2CCC3OCCCC3C2)cc2nc(-c3cc4cccnc4n3CC3CC3)n(C)c12. The molecule has 1 saturated carbocycles. The molecule has 37 heavy (non-hydrogen) atoms. The van der Waals surface area contributed by atoms with E-state index in [1.54, 1.807) is 7.11 Å². The number of ether oxygens (including phenoxy) is 2. The molecule has 4 aromatic rings. The zero-order valence-electron chi connectivity index (χ0n) is 21.5. The van der Waals surface area contributed by atoms with Crippen LogP contribution < -0.4 is 4.74 Å². The molecule has 3 aromatic heterocycles. The summed E-state index contributed by atoms with van der Waals surface area (Å²) in [6.07, 6.45) is 7.79. The van der Waals surface area contributed by atoms with Gasteiger partial charge in [-0.15, -0.1) is 0 Å². The molecule has 0 radical (unpaired) electrons. The summed E-state index contributed by atoms with van der Waals surface area (Å²) in [7, 11) is 3.68. The quantitative estimate of drug-likeness (QED) is 0.400. The fourth-order valence-corrected chi connectivity index (χ4v) is 6.29. The molecule has 2 aliphatic heterocycles. The Morgan fingerprint density at radius 3 is 2.92 bits per heavy atom. The van der Waals surface area contributed by atoms with E-state index >= 15 is 0 Å². The molecule has 5 heterocycles. The first kappa shape index (κ1) is 22.8. The molecule has 1 aliphatic carbocycles. The van der Waals surface area contributed by atoms with Gasteiger partial charge in [0.25, 0.3) is 5.91 Å². The molecule has 0 bridgehead atoms. The van der Waals surface area contributed by atoms with Crippen LogP contribution in [0.3, 0.4) is 0 Å². The van der Waals surface area contributed by atoms with E-state index in [0.717, 1.165) is 79.1 Å². The van der Waals surface area contributed by atoms with Crippen molar-refractivity contribution in [3.8, 4) is 17.3 Å². The van der Waals surface area contributed by atoms with Gasteiger partial charge < -0.3 is 23.5 Å². The highest BCUT2D eigenvalue weighted by Gasteiger charge is 2.34. The molecular formula is C29H33N5O3. The van der Waals surface area contributed by atoms with E-state index in [1.807, 2.05) is 36.3 Å². The number of imidazole rings is 1. The minimum absolute atomic E-state index is 0.0449. The van der Waals surface area contributed by atoms with Crippen molar-refractivity contribution in [2.45, 2.75) is 44.8 Å². The molecule has 7 rings (SSSR count). The highest BCUT2D eigenvalue weighted by atomic mass is 16.5. The molecule has 0 N–H and O–H groups in total. The van der Waals surface area contributed by atoms with Gasteiger partial charge in [0, 0.05) is 56.4 Å². The second-order valence-electron chi connectivity index (χ2n) is 10.9. The van der Waals surface area contributed by atoms with Crippen LogP contribution in [0.15, 0.2) is 36.5 Å². The highest BCUT2D eigenvalue weighted by Crippen LogP contribution is 2.38. The number of carbonyl (C=O) groups excluding carboxylic acids is 1. The number of hydrogen-bond acceptors (Lipinski definition) is 5. The third-order valence-corrected chi connectivity index (χ3v) is 8.43. The van der Waals surface area contributed by atoms with Gasteiger partial charge in [0.05, 0.1) is 24.4 Å². The van der Waals surface area contributed by atoms with Gasteiger partial charge in [-0.3, -0.25) is 4.79 Å². The van der Waals surface area contributed by atoms with Crippen molar-refractivity contribution in [2.24, 2.45) is 18.9 Å². The third-order valence-electron chi connectivity index (χ3n) is 8.43. The van der Waals surface area contributed by atoms with E-state index in [4.69, 9.17) is 14.5 Å². The zero-order valence-corrected chi connectivity index (χ0v) is 21.5. The summed E-state index contributed by atoms with van der Waals surface area (Å²) in [6.45, 7) is 3.27. The molecule has 1 aromatic carbocycles. The number of piperidine rings is 1. The Morgan fingerprint density at radius 2 is 2.08 bits per heavy atom. The van der Waals surface area contributed by atoms with Gasteiger partial charge >= 0.3 is 0 Å². The van der Waals surface area contributed by atoms with Gasteiger partial charge in [-0.25, -0.2) is 9.97 Å². The molecule has 2 saturated heterocycles. The Hall–Kier alpha value is -3.39. The van der Waals surface area contributed by atoms with Crippen LogP contribution in [0.4, 0.5) is 0 Å². The zero-order chi connectivity index (χ0) is 25.1. The number of hydrogen-bond donors (Lipinski definition) is 0. The lowest BCUT2D eigenvalue weighted by Crippen LogP contribution is -2.48. The van der Waals surface area contributed by atoms with Crippen LogP contribution in [0.5, 0.6) is 5.75 Å². The summed E-state index contributed by atoms with van der Waals surface area (Å²) in [5.74, 6) is 2.70. The Bertz CT molecular complexity index is 1500. The van der Waals surface area contributed by atoms with Crippen LogP contribution in [-0.4, -0.2) is 62.8 Å². The Kier molecular flexibility index (Phi) is 5.46. The van der Waals surface area contributed by atoms with Gasteiger partial charge in [0.15, 0.2) is 5.82 Å². The van der Waals surface area contributed by atoms with Gasteiger partial charge in [0.2, 0.25) is 0 Å². The number of rotatable bonds is 5. The van der Waals surface area contributed by atoms with Crippen molar-refractivity contribution >= 4 is 28.0 Å². The van der Waals surface area contributed by atoms with Crippen molar-refractivity contribution in [1.29, 1.82) is 0 Å². The monoisotopic (exact) mass is 499 g/mol. The fourth-order valence-electron chi connectivity index (χ4n) is 6.29. The first-order valence-corrected chi connectivity index (χ1v) is 13.5. The van der Waals surface area contributed by atoms with E-state index in [-0.39, 0.29) is 5.91 Å². The third kappa shape index (κ3) is 3.89. The lowest BCUT2D eigenvalue weighted by molar-refractivity contribution is -0.0606. The van der Waals surface area contributed by atoms with Gasteiger partial charge in [0.1, 0.15) is 16.9 Å². The number of likely N-dealkylation sites (tertiary alicyclic amines) is 1. The summed E-state index contributed by atoms with van der Waals surface area (Å²) in [5, 5.41) is 1.11.